The first-order chi connectivity index (χ1) is 10.0. The van der Waals surface area contributed by atoms with Crippen molar-refractivity contribution in [3.63, 3.8) is 0 Å². The number of sulfone groups is 1. The average molecular weight is 327 g/mol. The highest BCUT2D eigenvalue weighted by Crippen LogP contribution is 2.27. The second-order valence-electron chi connectivity index (χ2n) is 4.98. The molecule has 0 amide bonds. The van der Waals surface area contributed by atoms with E-state index < -0.39 is 9.84 Å². The Hall–Kier alpha value is -1.22. The minimum atomic E-state index is -3.35. The Morgan fingerprint density at radius 1 is 1.33 bits per heavy atom. The first-order valence-electron chi connectivity index (χ1n) is 6.73. The van der Waals surface area contributed by atoms with E-state index in [1.54, 1.807) is 18.2 Å². The maximum absolute atomic E-state index is 12.4. The van der Waals surface area contributed by atoms with Gasteiger partial charge in [-0.25, -0.2) is 13.4 Å². The van der Waals surface area contributed by atoms with Gasteiger partial charge in [-0.15, -0.1) is 11.3 Å². The summed E-state index contributed by atoms with van der Waals surface area (Å²) in [6.07, 6.45) is 0. The van der Waals surface area contributed by atoms with Crippen LogP contribution in [0.2, 0.25) is 0 Å². The van der Waals surface area contributed by atoms with Crippen molar-refractivity contribution in [2.45, 2.75) is 4.34 Å². The van der Waals surface area contributed by atoms with Gasteiger partial charge in [0.15, 0.2) is 0 Å². The fourth-order valence-corrected chi connectivity index (χ4v) is 4.90. The van der Waals surface area contributed by atoms with E-state index in [4.69, 9.17) is 10.5 Å². The number of hydrogen-bond acceptors (Lipinski definition) is 7. The van der Waals surface area contributed by atoms with E-state index in [1.807, 2.05) is 0 Å². The zero-order chi connectivity index (χ0) is 14.9. The molecule has 21 heavy (non-hydrogen) atoms. The van der Waals surface area contributed by atoms with Crippen LogP contribution in [-0.4, -0.2) is 56.9 Å². The van der Waals surface area contributed by atoms with E-state index in [0.29, 0.717) is 31.0 Å². The van der Waals surface area contributed by atoms with E-state index in [0.717, 1.165) is 17.8 Å². The summed E-state index contributed by atoms with van der Waals surface area (Å²) in [5, 5.41) is 0. The number of thiazole rings is 1. The van der Waals surface area contributed by atoms with Crippen LogP contribution in [0.3, 0.4) is 0 Å². The molecule has 1 aliphatic heterocycles. The average Bonchev–Trinajstić information content (AvgIpc) is 2.90. The molecule has 3 rings (SSSR count). The molecule has 0 spiro atoms. The molecule has 1 saturated heterocycles. The molecule has 2 aromatic rings. The lowest BCUT2D eigenvalue weighted by Gasteiger charge is -2.26. The molecule has 1 aromatic heterocycles. The lowest BCUT2D eigenvalue weighted by Crippen LogP contribution is -2.39. The Balaban J connectivity index is 1.76. The molecular formula is C13H17N3O3S2. The molecular weight excluding hydrogens is 310 g/mol. The SMILES string of the molecule is Nc1ccc2nc(S(=O)(=O)CCN3CCOCC3)sc2c1. The maximum Gasteiger partial charge on any atom is 0.210 e. The fraction of sp³-hybridized carbons (Fsp3) is 0.462. The van der Waals surface area contributed by atoms with Crippen LogP contribution >= 0.6 is 11.3 Å². The highest BCUT2D eigenvalue weighted by atomic mass is 32.2. The van der Waals surface area contributed by atoms with Crippen molar-refractivity contribution in [1.82, 2.24) is 9.88 Å². The molecule has 0 saturated carbocycles. The number of fused-ring (bicyclic) bond motifs is 1. The number of nitrogens with two attached hydrogens (primary N) is 1. The third-order valence-corrected chi connectivity index (χ3v) is 6.61. The maximum atomic E-state index is 12.4. The second-order valence-corrected chi connectivity index (χ2v) is 8.29. The van der Waals surface area contributed by atoms with E-state index >= 15 is 0 Å². The van der Waals surface area contributed by atoms with Crippen LogP contribution in [0.5, 0.6) is 0 Å². The first kappa shape index (κ1) is 14.7. The molecule has 2 N–H and O–H groups in total. The number of ether oxygens (including phenoxy) is 1. The van der Waals surface area contributed by atoms with E-state index in [-0.39, 0.29) is 10.1 Å². The molecule has 8 heteroatoms. The van der Waals surface area contributed by atoms with Crippen molar-refractivity contribution in [2.24, 2.45) is 0 Å². The van der Waals surface area contributed by atoms with Gasteiger partial charge in [-0.2, -0.15) is 0 Å². The summed E-state index contributed by atoms with van der Waals surface area (Å²) in [7, 11) is -3.35. The van der Waals surface area contributed by atoms with Gasteiger partial charge in [0.25, 0.3) is 0 Å². The molecule has 1 aliphatic rings. The second kappa shape index (κ2) is 5.88. The van der Waals surface area contributed by atoms with Crippen molar-refractivity contribution >= 4 is 37.1 Å². The summed E-state index contributed by atoms with van der Waals surface area (Å²) in [6, 6.07) is 5.24. The van der Waals surface area contributed by atoms with Gasteiger partial charge in [-0.3, -0.25) is 4.90 Å². The Morgan fingerprint density at radius 2 is 2.10 bits per heavy atom. The molecule has 0 radical (unpaired) electrons. The summed E-state index contributed by atoms with van der Waals surface area (Å²) in [6.45, 7) is 3.42. The molecule has 1 fully saturated rings. The van der Waals surface area contributed by atoms with Crippen molar-refractivity contribution in [1.29, 1.82) is 0 Å². The molecule has 0 aliphatic carbocycles. The van der Waals surface area contributed by atoms with Crippen LogP contribution in [0.15, 0.2) is 22.5 Å². The molecule has 6 nitrogen and oxygen atoms in total. The molecule has 2 heterocycles. The summed E-state index contributed by atoms with van der Waals surface area (Å²) in [5.41, 5.74) is 7.00. The number of morpholine rings is 1. The monoisotopic (exact) mass is 327 g/mol. The van der Waals surface area contributed by atoms with Gasteiger partial charge in [0.1, 0.15) is 0 Å². The molecule has 0 unspecified atom stereocenters. The molecule has 0 atom stereocenters. The quantitative estimate of drug-likeness (QED) is 0.843. The number of anilines is 1. The van der Waals surface area contributed by atoms with Gasteiger partial charge in [-0.05, 0) is 18.2 Å². The third-order valence-electron chi connectivity index (χ3n) is 3.44. The molecule has 114 valence electrons. The number of benzene rings is 1. The first-order valence-corrected chi connectivity index (χ1v) is 9.20. The lowest BCUT2D eigenvalue weighted by atomic mass is 10.3. The van der Waals surface area contributed by atoms with Crippen LogP contribution < -0.4 is 5.73 Å². The Bertz CT molecular complexity index is 736. The highest BCUT2D eigenvalue weighted by molar-refractivity contribution is 7.93. The number of aromatic nitrogens is 1. The van der Waals surface area contributed by atoms with E-state index in [9.17, 15) is 8.42 Å². The molecule has 0 bridgehead atoms. The lowest BCUT2D eigenvalue weighted by molar-refractivity contribution is 0.0408. The van der Waals surface area contributed by atoms with Gasteiger partial charge in [0.2, 0.25) is 14.2 Å². The zero-order valence-electron chi connectivity index (χ0n) is 11.5. The number of hydrogen-bond donors (Lipinski definition) is 1. The van der Waals surface area contributed by atoms with Crippen LogP contribution in [-0.2, 0) is 14.6 Å². The van der Waals surface area contributed by atoms with Gasteiger partial charge in [0.05, 0.1) is 29.2 Å². The highest BCUT2D eigenvalue weighted by Gasteiger charge is 2.21. The van der Waals surface area contributed by atoms with Crippen LogP contribution in [0.4, 0.5) is 5.69 Å². The molecule has 1 aromatic carbocycles. The smallest absolute Gasteiger partial charge is 0.210 e. The van der Waals surface area contributed by atoms with Crippen LogP contribution in [0, 0.1) is 0 Å². The fourth-order valence-electron chi connectivity index (χ4n) is 2.21. The minimum absolute atomic E-state index is 0.0856. The predicted molar refractivity (Wildman–Crippen MR) is 83.3 cm³/mol. The van der Waals surface area contributed by atoms with Crippen molar-refractivity contribution < 1.29 is 13.2 Å². The topological polar surface area (TPSA) is 85.5 Å². The van der Waals surface area contributed by atoms with Crippen molar-refractivity contribution in [2.75, 3.05) is 44.3 Å². The van der Waals surface area contributed by atoms with E-state index in [2.05, 4.69) is 9.88 Å². The minimum Gasteiger partial charge on any atom is -0.399 e. The van der Waals surface area contributed by atoms with Gasteiger partial charge < -0.3 is 10.5 Å². The van der Waals surface area contributed by atoms with Gasteiger partial charge >= 0.3 is 0 Å². The van der Waals surface area contributed by atoms with Gasteiger partial charge in [-0.1, -0.05) is 0 Å². The summed E-state index contributed by atoms with van der Waals surface area (Å²) < 4.78 is 31.0. The summed E-state index contributed by atoms with van der Waals surface area (Å²) in [4.78, 5) is 6.32. The largest absolute Gasteiger partial charge is 0.399 e. The Kier molecular flexibility index (Phi) is 4.12. The van der Waals surface area contributed by atoms with Crippen LogP contribution in [0.25, 0.3) is 10.2 Å². The predicted octanol–water partition coefficient (Wildman–Crippen LogP) is 0.984. The number of nitrogen functional groups attached to an aromatic ring is 1. The van der Waals surface area contributed by atoms with Crippen molar-refractivity contribution in [3.8, 4) is 0 Å². The third kappa shape index (κ3) is 3.34. The zero-order valence-corrected chi connectivity index (χ0v) is 13.1. The Morgan fingerprint density at radius 3 is 2.86 bits per heavy atom. The van der Waals surface area contributed by atoms with E-state index in [1.165, 1.54) is 11.3 Å². The Labute approximate surface area is 127 Å². The summed E-state index contributed by atoms with van der Waals surface area (Å²) in [5.74, 6) is 0.0856. The van der Waals surface area contributed by atoms with Crippen molar-refractivity contribution in [3.05, 3.63) is 18.2 Å². The van der Waals surface area contributed by atoms with Crippen LogP contribution in [0.1, 0.15) is 0 Å². The summed E-state index contributed by atoms with van der Waals surface area (Å²) >= 11 is 1.18. The standard InChI is InChI=1S/C13H17N3O3S2/c14-10-1-2-11-12(9-10)20-13(15-11)21(17,18)8-5-16-3-6-19-7-4-16/h1-2,9H,3-8,14H2. The number of rotatable bonds is 4. The number of nitrogens with zero attached hydrogens (tertiary/aromatic N) is 2. The normalized spacial score (nSPS) is 17.3. The van der Waals surface area contributed by atoms with Gasteiger partial charge in [0, 0.05) is 25.3 Å².